The van der Waals surface area contributed by atoms with Crippen LogP contribution in [0.5, 0.6) is 0 Å². The van der Waals surface area contributed by atoms with Crippen LogP contribution in [0.3, 0.4) is 0 Å². The minimum atomic E-state index is -0.0292. The highest BCUT2D eigenvalue weighted by Crippen LogP contribution is 2.48. The van der Waals surface area contributed by atoms with Gasteiger partial charge in [0.15, 0.2) is 0 Å². The molecule has 0 atom stereocenters. The van der Waals surface area contributed by atoms with Crippen LogP contribution < -0.4 is 11.1 Å². The molecule has 2 aromatic rings. The Morgan fingerprint density at radius 2 is 2.16 bits per heavy atom. The molecule has 1 aromatic carbocycles. The lowest BCUT2D eigenvalue weighted by atomic mass is 10.0. The number of benzene rings is 1. The normalized spacial score (nSPS) is 16.5. The van der Waals surface area contributed by atoms with Gasteiger partial charge in [-0.25, -0.2) is 0 Å². The summed E-state index contributed by atoms with van der Waals surface area (Å²) in [6, 6.07) is 7.88. The van der Waals surface area contributed by atoms with E-state index in [9.17, 15) is 4.79 Å². The summed E-state index contributed by atoms with van der Waals surface area (Å²) in [4.78, 5) is 12.9. The second-order valence-electron chi connectivity index (χ2n) is 5.38. The second kappa shape index (κ2) is 4.53. The van der Waals surface area contributed by atoms with Crippen LogP contribution in [0.25, 0.3) is 10.1 Å². The fourth-order valence-corrected chi connectivity index (χ4v) is 3.45. The lowest BCUT2D eigenvalue weighted by Crippen LogP contribution is -2.29. The molecule has 1 heterocycles. The molecule has 100 valence electrons. The molecule has 3 rings (SSSR count). The van der Waals surface area contributed by atoms with E-state index >= 15 is 0 Å². The van der Waals surface area contributed by atoms with E-state index in [1.165, 1.54) is 24.2 Å². The predicted octanol–water partition coefficient (Wildman–Crippen LogP) is 3.40. The molecule has 0 unspecified atom stereocenters. The first-order valence-electron chi connectivity index (χ1n) is 6.70. The average Bonchev–Trinajstić information content (AvgIpc) is 3.15. The van der Waals surface area contributed by atoms with Gasteiger partial charge in [0.05, 0.1) is 5.69 Å². The number of amides is 1. The molecular formula is C15H18N2OS. The molecule has 0 radical (unpaired) electrons. The number of rotatable bonds is 4. The van der Waals surface area contributed by atoms with Crippen molar-refractivity contribution in [3.8, 4) is 0 Å². The number of anilines is 1. The van der Waals surface area contributed by atoms with Gasteiger partial charge in [-0.1, -0.05) is 25.1 Å². The Kier molecular flexibility index (Phi) is 2.97. The summed E-state index contributed by atoms with van der Waals surface area (Å²) in [6.45, 7) is 2.96. The Hall–Kier alpha value is -1.55. The van der Waals surface area contributed by atoms with E-state index in [4.69, 9.17) is 5.73 Å². The number of carbonyl (C=O) groups excluding carboxylic acids is 1. The van der Waals surface area contributed by atoms with E-state index in [2.05, 4.69) is 12.2 Å². The van der Waals surface area contributed by atoms with Crippen molar-refractivity contribution >= 4 is 33.0 Å². The molecule has 0 bridgehead atoms. The zero-order valence-corrected chi connectivity index (χ0v) is 11.8. The van der Waals surface area contributed by atoms with Crippen LogP contribution in [0.1, 0.15) is 35.9 Å². The molecule has 0 spiro atoms. The molecule has 4 heteroatoms. The van der Waals surface area contributed by atoms with Gasteiger partial charge in [0.25, 0.3) is 5.91 Å². The summed E-state index contributed by atoms with van der Waals surface area (Å²) in [7, 11) is 0. The standard InChI is InChI=1S/C15H18N2OS/c1-2-15(7-8-15)9-17-14(18)13-12(16)10-5-3-4-6-11(10)19-13/h3-6H,2,7-9,16H2,1H3,(H,17,18). The Bertz CT molecular complexity index is 628. The Labute approximate surface area is 116 Å². The monoisotopic (exact) mass is 274 g/mol. The number of nitrogen functional groups attached to an aromatic ring is 1. The van der Waals surface area contributed by atoms with Crippen molar-refractivity contribution in [3.05, 3.63) is 29.1 Å². The van der Waals surface area contributed by atoms with Crippen molar-refractivity contribution < 1.29 is 4.79 Å². The van der Waals surface area contributed by atoms with Gasteiger partial charge >= 0.3 is 0 Å². The average molecular weight is 274 g/mol. The van der Waals surface area contributed by atoms with Gasteiger partial charge in [0, 0.05) is 16.6 Å². The molecule has 0 aliphatic heterocycles. The summed E-state index contributed by atoms with van der Waals surface area (Å²) in [6.07, 6.45) is 3.59. The van der Waals surface area contributed by atoms with E-state index in [1.54, 1.807) is 0 Å². The third-order valence-electron chi connectivity index (χ3n) is 4.17. The number of nitrogens with one attached hydrogen (secondary N) is 1. The van der Waals surface area contributed by atoms with Gasteiger partial charge in [0.2, 0.25) is 0 Å². The first-order valence-corrected chi connectivity index (χ1v) is 7.52. The predicted molar refractivity (Wildman–Crippen MR) is 80.5 cm³/mol. The van der Waals surface area contributed by atoms with Gasteiger partial charge < -0.3 is 11.1 Å². The SMILES string of the molecule is CCC1(CNC(=O)c2sc3ccccc3c2N)CC1. The van der Waals surface area contributed by atoms with Gasteiger partial charge in [-0.05, 0) is 30.7 Å². The van der Waals surface area contributed by atoms with Crippen molar-refractivity contribution in [2.45, 2.75) is 26.2 Å². The number of nitrogens with two attached hydrogens (primary N) is 1. The Balaban J connectivity index is 1.80. The third-order valence-corrected chi connectivity index (χ3v) is 5.36. The van der Waals surface area contributed by atoms with Crippen molar-refractivity contribution in [2.24, 2.45) is 5.41 Å². The number of thiophene rings is 1. The molecule has 1 aliphatic rings. The van der Waals surface area contributed by atoms with Gasteiger partial charge in [-0.3, -0.25) is 4.79 Å². The smallest absolute Gasteiger partial charge is 0.263 e. The van der Waals surface area contributed by atoms with E-state index < -0.39 is 0 Å². The summed E-state index contributed by atoms with van der Waals surface area (Å²) in [5.41, 5.74) is 7.05. The van der Waals surface area contributed by atoms with E-state index in [1.807, 2.05) is 24.3 Å². The van der Waals surface area contributed by atoms with Crippen LogP contribution in [-0.4, -0.2) is 12.5 Å². The van der Waals surface area contributed by atoms with Crippen LogP contribution >= 0.6 is 11.3 Å². The minimum absolute atomic E-state index is 0.0292. The molecule has 1 fully saturated rings. The second-order valence-corrected chi connectivity index (χ2v) is 6.43. The Morgan fingerprint density at radius 1 is 1.42 bits per heavy atom. The highest BCUT2D eigenvalue weighted by molar-refractivity contribution is 7.21. The molecular weight excluding hydrogens is 256 g/mol. The maximum Gasteiger partial charge on any atom is 0.263 e. The van der Waals surface area contributed by atoms with Crippen molar-refractivity contribution in [3.63, 3.8) is 0 Å². The maximum absolute atomic E-state index is 12.2. The van der Waals surface area contributed by atoms with Gasteiger partial charge in [-0.15, -0.1) is 11.3 Å². The molecule has 19 heavy (non-hydrogen) atoms. The number of hydrogen-bond donors (Lipinski definition) is 2. The summed E-state index contributed by atoms with van der Waals surface area (Å²) >= 11 is 1.47. The summed E-state index contributed by atoms with van der Waals surface area (Å²) in [5, 5.41) is 4.03. The quantitative estimate of drug-likeness (QED) is 0.897. The fourth-order valence-electron chi connectivity index (χ4n) is 2.41. The molecule has 1 amide bonds. The zero-order valence-electron chi connectivity index (χ0n) is 11.0. The van der Waals surface area contributed by atoms with Crippen LogP contribution in [0.4, 0.5) is 5.69 Å². The van der Waals surface area contributed by atoms with Crippen molar-refractivity contribution in [1.82, 2.24) is 5.32 Å². The zero-order chi connectivity index (χ0) is 13.5. The van der Waals surface area contributed by atoms with E-state index in [0.29, 0.717) is 16.0 Å². The number of hydrogen-bond acceptors (Lipinski definition) is 3. The minimum Gasteiger partial charge on any atom is -0.397 e. The van der Waals surface area contributed by atoms with E-state index in [-0.39, 0.29) is 5.91 Å². The molecule has 3 N–H and O–H groups in total. The first-order chi connectivity index (χ1) is 9.15. The molecule has 1 aliphatic carbocycles. The van der Waals surface area contributed by atoms with Crippen LogP contribution in [0, 0.1) is 5.41 Å². The van der Waals surface area contributed by atoms with Crippen molar-refractivity contribution in [2.75, 3.05) is 12.3 Å². The van der Waals surface area contributed by atoms with Crippen LogP contribution in [0.2, 0.25) is 0 Å². The van der Waals surface area contributed by atoms with Crippen LogP contribution in [-0.2, 0) is 0 Å². The van der Waals surface area contributed by atoms with Crippen molar-refractivity contribution in [1.29, 1.82) is 0 Å². The fraction of sp³-hybridized carbons (Fsp3) is 0.400. The molecule has 0 saturated heterocycles. The highest BCUT2D eigenvalue weighted by Gasteiger charge is 2.40. The number of carbonyl (C=O) groups is 1. The maximum atomic E-state index is 12.2. The molecule has 1 aromatic heterocycles. The summed E-state index contributed by atoms with van der Waals surface area (Å²) in [5.74, 6) is -0.0292. The first kappa shape index (κ1) is 12.5. The number of fused-ring (bicyclic) bond motifs is 1. The molecule has 3 nitrogen and oxygen atoms in total. The van der Waals surface area contributed by atoms with Gasteiger partial charge in [0.1, 0.15) is 4.88 Å². The molecule has 1 saturated carbocycles. The highest BCUT2D eigenvalue weighted by atomic mass is 32.1. The largest absolute Gasteiger partial charge is 0.397 e. The lowest BCUT2D eigenvalue weighted by molar-refractivity contribution is 0.0949. The van der Waals surface area contributed by atoms with Gasteiger partial charge in [-0.2, -0.15) is 0 Å². The lowest BCUT2D eigenvalue weighted by Gasteiger charge is -2.12. The topological polar surface area (TPSA) is 55.1 Å². The Morgan fingerprint density at radius 3 is 2.79 bits per heavy atom. The third kappa shape index (κ3) is 2.21. The van der Waals surface area contributed by atoms with Crippen LogP contribution in [0.15, 0.2) is 24.3 Å². The summed E-state index contributed by atoms with van der Waals surface area (Å²) < 4.78 is 1.07. The van der Waals surface area contributed by atoms with E-state index in [0.717, 1.165) is 23.1 Å².